The van der Waals surface area contributed by atoms with Gasteiger partial charge in [0.1, 0.15) is 10.6 Å². The summed E-state index contributed by atoms with van der Waals surface area (Å²) in [6.45, 7) is 5.72. The molecule has 0 amide bonds. The fourth-order valence-corrected chi connectivity index (χ4v) is 3.30. The number of ether oxygens (including phenoxy) is 1. The van der Waals surface area contributed by atoms with Crippen molar-refractivity contribution < 1.29 is 9.53 Å². The Balaban J connectivity index is 2.12. The van der Waals surface area contributed by atoms with Gasteiger partial charge in [-0.25, -0.2) is 9.67 Å². The number of aromatic nitrogens is 4. The first-order valence-corrected chi connectivity index (χ1v) is 8.59. The SMILES string of the molecule is COC(=O)C(C)Sc1nc2c(cnn2-c2cccc(C)c2C)c(=O)[nH]1. The van der Waals surface area contributed by atoms with Crippen LogP contribution in [0, 0.1) is 13.8 Å². The number of nitrogens with zero attached hydrogens (tertiary/aromatic N) is 3. The Labute approximate surface area is 148 Å². The van der Waals surface area contributed by atoms with Crippen LogP contribution in [0.15, 0.2) is 34.3 Å². The largest absolute Gasteiger partial charge is 0.468 e. The van der Waals surface area contributed by atoms with Crippen molar-refractivity contribution in [2.24, 2.45) is 0 Å². The summed E-state index contributed by atoms with van der Waals surface area (Å²) in [6.07, 6.45) is 1.50. The number of H-pyrrole nitrogens is 1. The lowest BCUT2D eigenvalue weighted by atomic mass is 10.1. The van der Waals surface area contributed by atoms with Gasteiger partial charge >= 0.3 is 5.97 Å². The standard InChI is InChI=1S/C17H18N4O3S/c1-9-6-5-7-13(10(9)2)21-14-12(8-18-21)15(22)20-17(19-14)25-11(3)16(23)24-4/h5-8,11H,1-4H3,(H,19,20,22). The highest BCUT2D eigenvalue weighted by atomic mass is 32.2. The topological polar surface area (TPSA) is 89.9 Å². The quantitative estimate of drug-likeness (QED) is 0.437. The highest BCUT2D eigenvalue weighted by Crippen LogP contribution is 2.23. The van der Waals surface area contributed by atoms with Crippen LogP contribution in [0.25, 0.3) is 16.7 Å². The second-order valence-corrected chi connectivity index (χ2v) is 7.00. The third kappa shape index (κ3) is 3.17. The van der Waals surface area contributed by atoms with E-state index in [2.05, 4.69) is 15.1 Å². The Hall–Kier alpha value is -2.61. The van der Waals surface area contributed by atoms with Crippen molar-refractivity contribution in [1.82, 2.24) is 19.7 Å². The van der Waals surface area contributed by atoms with E-state index in [1.807, 2.05) is 32.0 Å². The predicted octanol–water partition coefficient (Wildman–Crippen LogP) is 2.38. The van der Waals surface area contributed by atoms with Gasteiger partial charge in [0, 0.05) is 0 Å². The molecule has 0 aliphatic carbocycles. The molecule has 2 aromatic heterocycles. The van der Waals surface area contributed by atoms with Crippen molar-refractivity contribution in [2.45, 2.75) is 31.2 Å². The summed E-state index contributed by atoms with van der Waals surface area (Å²) in [5.74, 6) is -0.379. The molecule has 1 atom stereocenters. The van der Waals surface area contributed by atoms with Gasteiger partial charge in [-0.3, -0.25) is 9.59 Å². The molecule has 130 valence electrons. The minimum atomic E-state index is -0.484. The molecule has 3 rings (SSSR count). The summed E-state index contributed by atoms with van der Waals surface area (Å²) in [6, 6.07) is 5.89. The van der Waals surface area contributed by atoms with Crippen LogP contribution in [0.2, 0.25) is 0 Å². The minimum absolute atomic E-state index is 0.291. The van der Waals surface area contributed by atoms with Crippen molar-refractivity contribution in [3.63, 3.8) is 0 Å². The third-order valence-electron chi connectivity index (χ3n) is 4.04. The van der Waals surface area contributed by atoms with Gasteiger partial charge in [-0.15, -0.1) is 0 Å². The first kappa shape index (κ1) is 17.2. The minimum Gasteiger partial charge on any atom is -0.468 e. The van der Waals surface area contributed by atoms with Gasteiger partial charge in [0.05, 0.1) is 19.0 Å². The molecule has 3 aromatic rings. The highest BCUT2D eigenvalue weighted by molar-refractivity contribution is 8.00. The number of thioether (sulfide) groups is 1. The zero-order valence-corrected chi connectivity index (χ0v) is 15.2. The zero-order valence-electron chi connectivity index (χ0n) is 14.4. The van der Waals surface area contributed by atoms with E-state index in [0.717, 1.165) is 28.6 Å². The van der Waals surface area contributed by atoms with E-state index in [1.165, 1.54) is 13.3 Å². The Kier molecular flexibility index (Phi) is 4.63. The summed E-state index contributed by atoms with van der Waals surface area (Å²) in [5.41, 5.74) is 3.22. The van der Waals surface area contributed by atoms with Gasteiger partial charge in [-0.1, -0.05) is 23.9 Å². The lowest BCUT2D eigenvalue weighted by Crippen LogP contribution is -2.17. The van der Waals surface area contributed by atoms with Gasteiger partial charge in [-0.2, -0.15) is 5.10 Å². The zero-order chi connectivity index (χ0) is 18.1. The molecular formula is C17H18N4O3S. The first-order chi connectivity index (χ1) is 11.9. The molecule has 0 saturated carbocycles. The predicted molar refractivity (Wildman–Crippen MR) is 96.3 cm³/mol. The van der Waals surface area contributed by atoms with Crippen LogP contribution < -0.4 is 5.56 Å². The van der Waals surface area contributed by atoms with E-state index >= 15 is 0 Å². The lowest BCUT2D eigenvalue weighted by molar-refractivity contribution is -0.139. The molecule has 0 aliphatic heterocycles. The van der Waals surface area contributed by atoms with E-state index in [0.29, 0.717) is 16.2 Å². The Morgan fingerprint density at radius 2 is 2.12 bits per heavy atom. The van der Waals surface area contributed by atoms with Crippen molar-refractivity contribution in [1.29, 1.82) is 0 Å². The number of benzene rings is 1. The Bertz CT molecular complexity index is 1010. The smallest absolute Gasteiger partial charge is 0.318 e. The summed E-state index contributed by atoms with van der Waals surface area (Å²) in [5, 5.41) is 4.60. The number of carbonyl (C=O) groups is 1. The summed E-state index contributed by atoms with van der Waals surface area (Å²) in [7, 11) is 1.33. The summed E-state index contributed by atoms with van der Waals surface area (Å²) in [4.78, 5) is 31.1. The average Bonchev–Trinajstić information content (AvgIpc) is 3.00. The number of rotatable bonds is 4. The van der Waals surface area contributed by atoms with Gasteiger partial charge < -0.3 is 9.72 Å². The van der Waals surface area contributed by atoms with Crippen LogP contribution in [-0.4, -0.2) is 38.1 Å². The van der Waals surface area contributed by atoms with Crippen LogP contribution in [0.4, 0.5) is 0 Å². The fraction of sp³-hybridized carbons (Fsp3) is 0.294. The van der Waals surface area contributed by atoms with Crippen LogP contribution in [0.3, 0.4) is 0 Å². The molecule has 8 heteroatoms. The van der Waals surface area contributed by atoms with E-state index in [9.17, 15) is 9.59 Å². The molecule has 0 spiro atoms. The van der Waals surface area contributed by atoms with Gasteiger partial charge in [0.25, 0.3) is 5.56 Å². The Morgan fingerprint density at radius 1 is 1.36 bits per heavy atom. The number of aryl methyl sites for hydroxylation is 1. The second kappa shape index (κ2) is 6.72. The molecule has 0 aliphatic rings. The maximum atomic E-state index is 12.3. The highest BCUT2D eigenvalue weighted by Gasteiger charge is 2.19. The normalized spacial score (nSPS) is 12.3. The van der Waals surface area contributed by atoms with Crippen molar-refractivity contribution in [3.05, 3.63) is 45.9 Å². The average molecular weight is 358 g/mol. The number of carbonyl (C=O) groups excluding carboxylic acids is 1. The molecule has 2 heterocycles. The molecule has 25 heavy (non-hydrogen) atoms. The lowest BCUT2D eigenvalue weighted by Gasteiger charge is -2.10. The first-order valence-electron chi connectivity index (χ1n) is 7.71. The number of methoxy groups -OCH3 is 1. The molecule has 7 nitrogen and oxygen atoms in total. The van der Waals surface area contributed by atoms with E-state index in [-0.39, 0.29) is 11.5 Å². The van der Waals surface area contributed by atoms with Crippen molar-refractivity contribution in [2.75, 3.05) is 7.11 Å². The molecule has 0 saturated heterocycles. The second-order valence-electron chi connectivity index (χ2n) is 5.67. The summed E-state index contributed by atoms with van der Waals surface area (Å²) < 4.78 is 6.36. The third-order valence-corrected chi connectivity index (χ3v) is 5.00. The van der Waals surface area contributed by atoms with Crippen LogP contribution in [0.5, 0.6) is 0 Å². The van der Waals surface area contributed by atoms with Crippen LogP contribution in [0.1, 0.15) is 18.1 Å². The van der Waals surface area contributed by atoms with Crippen molar-refractivity contribution in [3.8, 4) is 5.69 Å². The van der Waals surface area contributed by atoms with Crippen molar-refractivity contribution >= 4 is 28.8 Å². The number of nitrogens with one attached hydrogen (secondary N) is 1. The van der Waals surface area contributed by atoms with Crippen LogP contribution in [-0.2, 0) is 9.53 Å². The van der Waals surface area contributed by atoms with Crippen LogP contribution >= 0.6 is 11.8 Å². The van der Waals surface area contributed by atoms with Gasteiger partial charge in [-0.05, 0) is 38.0 Å². The van der Waals surface area contributed by atoms with E-state index < -0.39 is 5.25 Å². The maximum absolute atomic E-state index is 12.3. The van der Waals surface area contributed by atoms with E-state index in [1.54, 1.807) is 11.6 Å². The molecule has 1 aromatic carbocycles. The number of aromatic amines is 1. The number of hydrogen-bond acceptors (Lipinski definition) is 6. The maximum Gasteiger partial charge on any atom is 0.318 e. The number of hydrogen-bond donors (Lipinski definition) is 1. The molecular weight excluding hydrogens is 340 g/mol. The monoisotopic (exact) mass is 358 g/mol. The number of esters is 1. The summed E-state index contributed by atoms with van der Waals surface area (Å²) >= 11 is 1.14. The molecule has 0 bridgehead atoms. The Morgan fingerprint density at radius 3 is 2.84 bits per heavy atom. The molecule has 1 unspecified atom stereocenters. The molecule has 0 radical (unpaired) electrons. The molecule has 1 N–H and O–H groups in total. The fourth-order valence-electron chi connectivity index (χ4n) is 2.48. The number of fused-ring (bicyclic) bond motifs is 1. The van der Waals surface area contributed by atoms with Gasteiger partial charge in [0.2, 0.25) is 0 Å². The molecule has 0 fully saturated rings. The van der Waals surface area contributed by atoms with Gasteiger partial charge in [0.15, 0.2) is 10.8 Å². The van der Waals surface area contributed by atoms with E-state index in [4.69, 9.17) is 4.74 Å².